The molecule has 0 aliphatic heterocycles. The molecule has 0 fully saturated rings. The van der Waals surface area contributed by atoms with E-state index in [1.54, 1.807) is 6.07 Å². The van der Waals surface area contributed by atoms with E-state index in [0.29, 0.717) is 4.90 Å². The number of hydrogen-bond acceptors (Lipinski definition) is 1. The predicted molar refractivity (Wildman–Crippen MR) is 95.6 cm³/mol. The Balaban J connectivity index is 0.000000847. The van der Waals surface area contributed by atoms with E-state index in [1.165, 1.54) is 11.1 Å². The topological polar surface area (TPSA) is 0 Å². The van der Waals surface area contributed by atoms with Gasteiger partial charge < -0.3 is 0 Å². The second-order valence-electron chi connectivity index (χ2n) is 4.55. The first-order valence-electron chi connectivity index (χ1n) is 7.41. The smallest absolute Gasteiger partial charge is 0.0812 e. The minimum absolute atomic E-state index is 0.278. The van der Waals surface area contributed by atoms with E-state index < -0.39 is 0 Å². The Morgan fingerprint density at radius 1 is 0.591 bits per heavy atom. The normalized spacial score (nSPS) is 9.77. The van der Waals surface area contributed by atoms with Crippen molar-refractivity contribution in [3.05, 3.63) is 78.9 Å². The van der Waals surface area contributed by atoms with Crippen LogP contribution in [0.4, 0.5) is 3.89 Å². The Morgan fingerprint density at radius 2 is 1.09 bits per heavy atom. The molecule has 0 aromatic heterocycles. The summed E-state index contributed by atoms with van der Waals surface area (Å²) in [6.07, 6.45) is 0. The molecule has 0 nitrogen and oxygen atoms in total. The van der Waals surface area contributed by atoms with Crippen molar-refractivity contribution in [2.45, 2.75) is 18.7 Å². The molecule has 0 bridgehead atoms. The number of hydrogen-bond donors (Lipinski definition) is 0. The first-order valence-corrected chi connectivity index (χ1v) is 8.13. The quantitative estimate of drug-likeness (QED) is 0.500. The molecule has 0 saturated carbocycles. The van der Waals surface area contributed by atoms with Crippen LogP contribution in [0, 0.1) is 0 Å². The van der Waals surface area contributed by atoms with Gasteiger partial charge in [-0.05, 0) is 34.4 Å². The molecule has 3 aromatic rings. The standard InChI is InChI=1S/C18H13FS.C2H6/c19-20-18-8-4-7-17(13-18)16-11-9-15(10-12-16)14-5-2-1-3-6-14;1-2/h1-13H;1-2H3. The van der Waals surface area contributed by atoms with Crippen LogP contribution in [0.1, 0.15) is 13.8 Å². The van der Waals surface area contributed by atoms with Crippen molar-refractivity contribution in [1.29, 1.82) is 0 Å². The van der Waals surface area contributed by atoms with Crippen LogP contribution >= 0.6 is 12.1 Å². The highest BCUT2D eigenvalue weighted by atomic mass is 32.2. The molecule has 0 unspecified atom stereocenters. The summed E-state index contributed by atoms with van der Waals surface area (Å²) in [5.74, 6) is 0. The summed E-state index contributed by atoms with van der Waals surface area (Å²) in [6, 6.07) is 26.1. The van der Waals surface area contributed by atoms with E-state index >= 15 is 0 Å². The molecule has 0 spiro atoms. The summed E-state index contributed by atoms with van der Waals surface area (Å²) in [5.41, 5.74) is 4.52. The van der Waals surface area contributed by atoms with Crippen LogP contribution in [0.15, 0.2) is 83.8 Å². The number of halogens is 1. The predicted octanol–water partition coefficient (Wildman–Crippen LogP) is 7.02. The summed E-state index contributed by atoms with van der Waals surface area (Å²) in [6.45, 7) is 4.00. The third-order valence-electron chi connectivity index (χ3n) is 3.25. The zero-order chi connectivity index (χ0) is 15.8. The minimum atomic E-state index is 0.278. The van der Waals surface area contributed by atoms with Crippen molar-refractivity contribution in [2.24, 2.45) is 0 Å². The molecule has 3 aromatic carbocycles. The summed E-state index contributed by atoms with van der Waals surface area (Å²) in [7, 11) is 0. The maximum absolute atomic E-state index is 12.6. The van der Waals surface area contributed by atoms with Crippen LogP contribution in [0.5, 0.6) is 0 Å². The highest BCUT2D eigenvalue weighted by molar-refractivity contribution is 7.94. The van der Waals surface area contributed by atoms with Crippen molar-refractivity contribution >= 4 is 12.1 Å². The third-order valence-corrected chi connectivity index (χ3v) is 3.68. The van der Waals surface area contributed by atoms with Gasteiger partial charge in [0.05, 0.1) is 12.1 Å². The van der Waals surface area contributed by atoms with Gasteiger partial charge in [0.1, 0.15) is 0 Å². The van der Waals surface area contributed by atoms with Crippen LogP contribution in [0.3, 0.4) is 0 Å². The molecule has 0 amide bonds. The molecular formula is C20H19FS. The van der Waals surface area contributed by atoms with Crippen molar-refractivity contribution in [3.8, 4) is 22.3 Å². The van der Waals surface area contributed by atoms with Gasteiger partial charge in [0.25, 0.3) is 0 Å². The Morgan fingerprint density at radius 3 is 1.68 bits per heavy atom. The fraction of sp³-hybridized carbons (Fsp3) is 0.100. The molecule has 2 heteroatoms. The minimum Gasteiger partial charge on any atom is -0.160 e. The van der Waals surface area contributed by atoms with Crippen LogP contribution < -0.4 is 0 Å². The molecule has 0 saturated heterocycles. The van der Waals surface area contributed by atoms with Gasteiger partial charge in [-0.3, -0.25) is 0 Å². The molecule has 0 aliphatic rings. The molecule has 22 heavy (non-hydrogen) atoms. The Bertz CT molecular complexity index is 690. The molecular weight excluding hydrogens is 291 g/mol. The van der Waals surface area contributed by atoms with Gasteiger partial charge in [0.2, 0.25) is 0 Å². The molecule has 0 N–H and O–H groups in total. The van der Waals surface area contributed by atoms with Gasteiger partial charge in [-0.2, -0.15) is 3.89 Å². The zero-order valence-electron chi connectivity index (χ0n) is 12.8. The Hall–Kier alpha value is -2.06. The van der Waals surface area contributed by atoms with Crippen LogP contribution in [-0.2, 0) is 0 Å². The summed E-state index contributed by atoms with van der Waals surface area (Å²) >= 11 is 0.278. The highest BCUT2D eigenvalue weighted by Gasteiger charge is 2.01. The van der Waals surface area contributed by atoms with Crippen LogP contribution in [0.25, 0.3) is 22.3 Å². The lowest BCUT2D eigenvalue weighted by molar-refractivity contribution is 0.934. The average molecular weight is 310 g/mol. The van der Waals surface area contributed by atoms with Gasteiger partial charge >= 0.3 is 0 Å². The van der Waals surface area contributed by atoms with Gasteiger partial charge in [-0.25, -0.2) is 0 Å². The highest BCUT2D eigenvalue weighted by Crippen LogP contribution is 2.28. The largest absolute Gasteiger partial charge is 0.160 e. The van der Waals surface area contributed by atoms with Crippen LogP contribution in [-0.4, -0.2) is 0 Å². The molecule has 0 heterocycles. The van der Waals surface area contributed by atoms with E-state index in [2.05, 4.69) is 36.4 Å². The van der Waals surface area contributed by atoms with Gasteiger partial charge in [-0.1, -0.05) is 80.6 Å². The second-order valence-corrected chi connectivity index (χ2v) is 5.17. The zero-order valence-corrected chi connectivity index (χ0v) is 13.6. The third kappa shape index (κ3) is 3.99. The van der Waals surface area contributed by atoms with E-state index in [4.69, 9.17) is 0 Å². The van der Waals surface area contributed by atoms with E-state index in [1.807, 2.05) is 50.2 Å². The first-order chi connectivity index (χ1) is 10.9. The molecule has 0 aliphatic carbocycles. The van der Waals surface area contributed by atoms with Crippen LogP contribution in [0.2, 0.25) is 0 Å². The fourth-order valence-corrected chi connectivity index (χ4v) is 2.51. The Labute approximate surface area is 136 Å². The number of benzene rings is 3. The lowest BCUT2D eigenvalue weighted by Gasteiger charge is -2.05. The molecule has 0 radical (unpaired) electrons. The molecule has 112 valence electrons. The summed E-state index contributed by atoms with van der Waals surface area (Å²) in [5, 5.41) is 0. The SMILES string of the molecule is CC.FSc1cccc(-c2ccc(-c3ccccc3)cc2)c1. The fourth-order valence-electron chi connectivity index (χ4n) is 2.21. The lowest BCUT2D eigenvalue weighted by Crippen LogP contribution is -1.80. The molecule has 0 atom stereocenters. The summed E-state index contributed by atoms with van der Waals surface area (Å²) < 4.78 is 12.6. The monoisotopic (exact) mass is 310 g/mol. The van der Waals surface area contributed by atoms with E-state index in [-0.39, 0.29) is 12.1 Å². The molecule has 3 rings (SSSR count). The maximum atomic E-state index is 12.6. The maximum Gasteiger partial charge on any atom is 0.0812 e. The van der Waals surface area contributed by atoms with Crippen molar-refractivity contribution in [1.82, 2.24) is 0 Å². The van der Waals surface area contributed by atoms with Crippen molar-refractivity contribution in [2.75, 3.05) is 0 Å². The number of rotatable bonds is 3. The average Bonchev–Trinajstić information content (AvgIpc) is 2.64. The van der Waals surface area contributed by atoms with E-state index in [0.717, 1.165) is 11.1 Å². The Kier molecular flexibility index (Phi) is 6.23. The summed E-state index contributed by atoms with van der Waals surface area (Å²) in [4.78, 5) is 0.634. The van der Waals surface area contributed by atoms with Gasteiger partial charge in [0.15, 0.2) is 0 Å². The lowest BCUT2D eigenvalue weighted by atomic mass is 10.0. The second kappa shape index (κ2) is 8.40. The van der Waals surface area contributed by atoms with Gasteiger partial charge in [0, 0.05) is 4.90 Å². The van der Waals surface area contributed by atoms with Crippen molar-refractivity contribution < 1.29 is 3.89 Å². The first kappa shape index (κ1) is 16.3. The van der Waals surface area contributed by atoms with Gasteiger partial charge in [-0.15, -0.1) is 0 Å². The van der Waals surface area contributed by atoms with E-state index in [9.17, 15) is 3.89 Å². The van der Waals surface area contributed by atoms with Crippen molar-refractivity contribution in [3.63, 3.8) is 0 Å².